The van der Waals surface area contributed by atoms with E-state index in [0.29, 0.717) is 10.6 Å². The largest absolute Gasteiger partial charge is 0.397 e. The van der Waals surface area contributed by atoms with Crippen LogP contribution in [0.1, 0.15) is 35.4 Å². The number of fused-ring (bicyclic) bond motifs is 1. The van der Waals surface area contributed by atoms with E-state index in [2.05, 4.69) is 10.3 Å². The number of nitrogen functional groups attached to an aromatic ring is 1. The van der Waals surface area contributed by atoms with Gasteiger partial charge in [-0.25, -0.2) is 4.98 Å². The summed E-state index contributed by atoms with van der Waals surface area (Å²) in [6.45, 7) is 0. The van der Waals surface area contributed by atoms with Crippen LogP contribution in [0.5, 0.6) is 0 Å². The summed E-state index contributed by atoms with van der Waals surface area (Å²) in [5.41, 5.74) is 12.6. The van der Waals surface area contributed by atoms with E-state index in [0.717, 1.165) is 35.9 Å². The van der Waals surface area contributed by atoms with E-state index in [1.54, 1.807) is 6.20 Å². The first-order valence-electron chi connectivity index (χ1n) is 6.86. The lowest BCUT2D eigenvalue weighted by Gasteiger charge is -2.29. The van der Waals surface area contributed by atoms with Crippen molar-refractivity contribution in [3.63, 3.8) is 0 Å². The normalized spacial score (nSPS) is 22.9. The Morgan fingerprint density at radius 1 is 1.40 bits per heavy atom. The quantitative estimate of drug-likeness (QED) is 0.787. The molecule has 1 amide bonds. The SMILES string of the molecule is Nc1c(C(=O)NC2CCCCC2N)sc2ncccc12. The molecule has 2 unspecified atom stereocenters. The number of hydrogen-bond donors (Lipinski definition) is 3. The van der Waals surface area contributed by atoms with Crippen LogP contribution in [0.4, 0.5) is 5.69 Å². The highest BCUT2D eigenvalue weighted by Crippen LogP contribution is 2.32. The average Bonchev–Trinajstić information content (AvgIpc) is 2.79. The predicted molar refractivity (Wildman–Crippen MR) is 81.7 cm³/mol. The van der Waals surface area contributed by atoms with Crippen molar-refractivity contribution in [1.82, 2.24) is 10.3 Å². The number of pyridine rings is 1. The zero-order chi connectivity index (χ0) is 14.1. The molecule has 106 valence electrons. The number of aromatic nitrogens is 1. The lowest BCUT2D eigenvalue weighted by Crippen LogP contribution is -2.49. The van der Waals surface area contributed by atoms with Gasteiger partial charge in [-0.05, 0) is 25.0 Å². The monoisotopic (exact) mass is 290 g/mol. The Morgan fingerprint density at radius 2 is 2.20 bits per heavy atom. The van der Waals surface area contributed by atoms with Gasteiger partial charge in [0.2, 0.25) is 0 Å². The number of anilines is 1. The first kappa shape index (κ1) is 13.3. The summed E-state index contributed by atoms with van der Waals surface area (Å²) in [6.07, 6.45) is 5.87. The van der Waals surface area contributed by atoms with Crippen LogP contribution in [0.25, 0.3) is 10.2 Å². The smallest absolute Gasteiger partial charge is 0.263 e. The molecule has 6 heteroatoms. The summed E-state index contributed by atoms with van der Waals surface area (Å²) in [4.78, 5) is 18.0. The standard InChI is InChI=1S/C14H18N4OS/c15-9-5-1-2-6-10(9)18-13(19)12-11(16)8-4-3-7-17-14(8)20-12/h3-4,7,9-10H,1-2,5-6,15-16H2,(H,18,19). The maximum atomic E-state index is 12.4. The zero-order valence-corrected chi connectivity index (χ0v) is 12.0. The van der Waals surface area contributed by atoms with Crippen LogP contribution in [-0.2, 0) is 0 Å². The molecule has 1 aliphatic rings. The number of carbonyl (C=O) groups excluding carboxylic acids is 1. The summed E-state index contributed by atoms with van der Waals surface area (Å²) in [5, 5.41) is 3.87. The fourth-order valence-electron chi connectivity index (χ4n) is 2.69. The molecule has 0 aliphatic heterocycles. The lowest BCUT2D eigenvalue weighted by molar-refractivity contribution is 0.0926. The van der Waals surface area contributed by atoms with Crippen LogP contribution < -0.4 is 16.8 Å². The number of rotatable bonds is 2. The number of nitrogens with one attached hydrogen (secondary N) is 1. The Morgan fingerprint density at radius 3 is 2.95 bits per heavy atom. The molecule has 1 aliphatic carbocycles. The third kappa shape index (κ3) is 2.36. The molecule has 1 fully saturated rings. The number of thiophene rings is 1. The van der Waals surface area contributed by atoms with Gasteiger partial charge in [0.1, 0.15) is 9.71 Å². The Bertz CT molecular complexity index is 639. The molecule has 2 heterocycles. The minimum absolute atomic E-state index is 0.0430. The van der Waals surface area contributed by atoms with Crippen molar-refractivity contribution in [1.29, 1.82) is 0 Å². The molecular weight excluding hydrogens is 272 g/mol. The summed E-state index contributed by atoms with van der Waals surface area (Å²) in [6, 6.07) is 3.80. The minimum Gasteiger partial charge on any atom is -0.397 e. The molecule has 5 N–H and O–H groups in total. The van der Waals surface area contributed by atoms with Gasteiger partial charge in [-0.2, -0.15) is 0 Å². The van der Waals surface area contributed by atoms with Gasteiger partial charge in [0.15, 0.2) is 0 Å². The van der Waals surface area contributed by atoms with Crippen LogP contribution in [-0.4, -0.2) is 23.0 Å². The van der Waals surface area contributed by atoms with Gasteiger partial charge in [0.05, 0.1) is 5.69 Å². The van der Waals surface area contributed by atoms with Gasteiger partial charge >= 0.3 is 0 Å². The predicted octanol–water partition coefficient (Wildman–Crippen LogP) is 1.88. The highest BCUT2D eigenvalue weighted by atomic mass is 32.1. The highest BCUT2D eigenvalue weighted by molar-refractivity contribution is 7.21. The van der Waals surface area contributed by atoms with Gasteiger partial charge in [-0.3, -0.25) is 4.79 Å². The second-order valence-corrected chi connectivity index (χ2v) is 6.23. The molecule has 2 atom stereocenters. The van der Waals surface area contributed by atoms with E-state index >= 15 is 0 Å². The molecule has 2 aromatic heterocycles. The van der Waals surface area contributed by atoms with Gasteiger partial charge < -0.3 is 16.8 Å². The molecule has 0 spiro atoms. The maximum Gasteiger partial charge on any atom is 0.263 e. The van der Waals surface area contributed by atoms with Gasteiger partial charge in [-0.15, -0.1) is 11.3 Å². The van der Waals surface area contributed by atoms with Gasteiger partial charge in [0, 0.05) is 23.7 Å². The second-order valence-electron chi connectivity index (χ2n) is 5.23. The van der Waals surface area contributed by atoms with E-state index in [1.807, 2.05) is 12.1 Å². The van der Waals surface area contributed by atoms with Crippen molar-refractivity contribution in [3.8, 4) is 0 Å². The molecule has 0 radical (unpaired) electrons. The fourth-order valence-corrected chi connectivity index (χ4v) is 3.66. The van der Waals surface area contributed by atoms with Crippen LogP contribution in [0, 0.1) is 0 Å². The number of nitrogens with zero attached hydrogens (tertiary/aromatic N) is 1. The van der Waals surface area contributed by atoms with Crippen LogP contribution in [0.15, 0.2) is 18.3 Å². The summed E-state index contributed by atoms with van der Waals surface area (Å²) in [7, 11) is 0. The summed E-state index contributed by atoms with van der Waals surface area (Å²) in [5.74, 6) is -0.132. The molecule has 0 bridgehead atoms. The van der Waals surface area contributed by atoms with Crippen molar-refractivity contribution in [3.05, 3.63) is 23.2 Å². The third-order valence-corrected chi connectivity index (χ3v) is 4.97. The first-order valence-corrected chi connectivity index (χ1v) is 7.68. The highest BCUT2D eigenvalue weighted by Gasteiger charge is 2.25. The van der Waals surface area contributed by atoms with Crippen molar-refractivity contribution < 1.29 is 4.79 Å². The topological polar surface area (TPSA) is 94.0 Å². The Kier molecular flexibility index (Phi) is 3.58. The fraction of sp³-hybridized carbons (Fsp3) is 0.429. The third-order valence-electron chi connectivity index (χ3n) is 3.85. The maximum absolute atomic E-state index is 12.4. The van der Waals surface area contributed by atoms with E-state index < -0.39 is 0 Å². The van der Waals surface area contributed by atoms with Crippen molar-refractivity contribution >= 4 is 33.1 Å². The molecule has 0 aromatic carbocycles. The number of amides is 1. The van der Waals surface area contributed by atoms with Crippen LogP contribution >= 0.6 is 11.3 Å². The second kappa shape index (κ2) is 5.38. The van der Waals surface area contributed by atoms with E-state index in [-0.39, 0.29) is 18.0 Å². The Balaban J connectivity index is 1.83. The van der Waals surface area contributed by atoms with Crippen molar-refractivity contribution in [2.45, 2.75) is 37.8 Å². The van der Waals surface area contributed by atoms with Gasteiger partial charge in [-0.1, -0.05) is 12.8 Å². The van der Waals surface area contributed by atoms with Gasteiger partial charge in [0.25, 0.3) is 5.91 Å². The molecule has 20 heavy (non-hydrogen) atoms. The van der Waals surface area contributed by atoms with Crippen molar-refractivity contribution in [2.24, 2.45) is 5.73 Å². The molecule has 3 rings (SSSR count). The van der Waals surface area contributed by atoms with E-state index in [1.165, 1.54) is 11.3 Å². The Hall–Kier alpha value is -1.66. The summed E-state index contributed by atoms with van der Waals surface area (Å²) >= 11 is 1.33. The van der Waals surface area contributed by atoms with E-state index in [4.69, 9.17) is 11.5 Å². The van der Waals surface area contributed by atoms with Crippen LogP contribution in [0.3, 0.4) is 0 Å². The average molecular weight is 290 g/mol. The molecular formula is C14H18N4OS. The molecule has 5 nitrogen and oxygen atoms in total. The van der Waals surface area contributed by atoms with Crippen LogP contribution in [0.2, 0.25) is 0 Å². The molecule has 1 saturated carbocycles. The van der Waals surface area contributed by atoms with Crippen molar-refractivity contribution in [2.75, 3.05) is 5.73 Å². The number of nitrogens with two attached hydrogens (primary N) is 2. The minimum atomic E-state index is -0.132. The summed E-state index contributed by atoms with van der Waals surface area (Å²) < 4.78 is 0. The zero-order valence-electron chi connectivity index (χ0n) is 11.1. The number of carbonyl (C=O) groups is 1. The molecule has 0 saturated heterocycles. The van der Waals surface area contributed by atoms with E-state index in [9.17, 15) is 4.79 Å². The first-order chi connectivity index (χ1) is 9.66. The lowest BCUT2D eigenvalue weighted by atomic mass is 9.91. The number of hydrogen-bond acceptors (Lipinski definition) is 5. The molecule has 2 aromatic rings. The Labute approximate surface area is 121 Å².